The normalized spacial score (nSPS) is 31.6. The number of piperazine rings is 1. The highest BCUT2D eigenvalue weighted by Gasteiger charge is 2.50. The van der Waals surface area contributed by atoms with Gasteiger partial charge >= 0.3 is 0 Å². The van der Waals surface area contributed by atoms with E-state index >= 15 is 0 Å². The quantitative estimate of drug-likeness (QED) is 0.741. The van der Waals surface area contributed by atoms with Gasteiger partial charge in [-0.3, -0.25) is 9.69 Å². The minimum atomic E-state index is -3.07. The van der Waals surface area contributed by atoms with E-state index in [1.165, 1.54) is 25.5 Å². The maximum Gasteiger partial charge on any atom is 0.225 e. The second kappa shape index (κ2) is 6.74. The van der Waals surface area contributed by atoms with Gasteiger partial charge in [-0.25, -0.2) is 12.7 Å². The van der Waals surface area contributed by atoms with Crippen LogP contribution in [0, 0.1) is 11.3 Å². The molecule has 1 spiro atoms. The molecular weight excluding hydrogens is 350 g/mol. The third-order valence-electron chi connectivity index (χ3n) is 7.49. The number of nitrogens with zero attached hydrogens (tertiary/aromatic N) is 3. The Morgan fingerprint density at radius 2 is 1.69 bits per heavy atom. The van der Waals surface area contributed by atoms with Crippen LogP contribution in [0.4, 0.5) is 0 Å². The molecule has 1 unspecified atom stereocenters. The fourth-order valence-corrected chi connectivity index (χ4v) is 6.40. The van der Waals surface area contributed by atoms with Crippen molar-refractivity contribution in [1.82, 2.24) is 14.1 Å². The van der Waals surface area contributed by atoms with Crippen molar-refractivity contribution in [2.24, 2.45) is 11.3 Å². The van der Waals surface area contributed by atoms with Gasteiger partial charge in [-0.05, 0) is 50.9 Å². The van der Waals surface area contributed by atoms with Crippen molar-refractivity contribution < 1.29 is 13.2 Å². The lowest BCUT2D eigenvalue weighted by Crippen LogP contribution is -2.60. The predicted molar refractivity (Wildman–Crippen MR) is 101 cm³/mol. The van der Waals surface area contributed by atoms with Crippen LogP contribution in [0.2, 0.25) is 0 Å². The Balaban J connectivity index is 1.26. The van der Waals surface area contributed by atoms with Crippen LogP contribution >= 0.6 is 0 Å². The number of rotatable bonds is 3. The van der Waals surface area contributed by atoms with E-state index in [9.17, 15) is 13.2 Å². The molecule has 7 heteroatoms. The highest BCUT2D eigenvalue weighted by Crippen LogP contribution is 2.53. The molecule has 2 saturated carbocycles. The molecule has 1 atom stereocenters. The molecule has 2 aliphatic carbocycles. The van der Waals surface area contributed by atoms with Crippen molar-refractivity contribution >= 4 is 15.9 Å². The Morgan fingerprint density at radius 1 is 1.04 bits per heavy atom. The van der Waals surface area contributed by atoms with Gasteiger partial charge in [-0.15, -0.1) is 0 Å². The lowest BCUT2D eigenvalue weighted by Gasteiger charge is -2.53. The Morgan fingerprint density at radius 3 is 2.19 bits per heavy atom. The van der Waals surface area contributed by atoms with E-state index in [-0.39, 0.29) is 11.3 Å². The first-order valence-corrected chi connectivity index (χ1v) is 12.1. The van der Waals surface area contributed by atoms with Crippen LogP contribution in [0.25, 0.3) is 0 Å². The summed E-state index contributed by atoms with van der Waals surface area (Å²) in [7, 11) is -3.07. The van der Waals surface area contributed by atoms with Crippen LogP contribution in [0.3, 0.4) is 0 Å². The SMILES string of the molecule is CC1CN(C(=O)C2CC3(CCN(S(C)(=O)=O)CC3)C2)CCN1C1CCC1. The van der Waals surface area contributed by atoms with Crippen LogP contribution in [-0.2, 0) is 14.8 Å². The summed E-state index contributed by atoms with van der Waals surface area (Å²) in [5.74, 6) is 0.517. The Labute approximate surface area is 157 Å². The lowest BCUT2D eigenvalue weighted by molar-refractivity contribution is -0.149. The summed E-state index contributed by atoms with van der Waals surface area (Å²) in [6.45, 7) is 6.29. The molecule has 26 heavy (non-hydrogen) atoms. The van der Waals surface area contributed by atoms with Gasteiger partial charge in [0.25, 0.3) is 0 Å². The molecule has 4 fully saturated rings. The highest BCUT2D eigenvalue weighted by molar-refractivity contribution is 7.88. The van der Waals surface area contributed by atoms with Gasteiger partial charge in [0.15, 0.2) is 0 Å². The molecule has 2 heterocycles. The third-order valence-corrected chi connectivity index (χ3v) is 8.80. The van der Waals surface area contributed by atoms with Crippen LogP contribution in [-0.4, -0.2) is 79.5 Å². The Hall–Kier alpha value is -0.660. The van der Waals surface area contributed by atoms with Gasteiger partial charge in [-0.2, -0.15) is 0 Å². The maximum absolute atomic E-state index is 12.9. The first-order chi connectivity index (χ1) is 12.3. The largest absolute Gasteiger partial charge is 0.340 e. The molecule has 6 nitrogen and oxygen atoms in total. The molecule has 0 N–H and O–H groups in total. The van der Waals surface area contributed by atoms with Crippen LogP contribution in [0.1, 0.15) is 51.9 Å². The first kappa shape index (κ1) is 18.7. The molecule has 4 rings (SSSR count). The van der Waals surface area contributed by atoms with E-state index in [0.717, 1.165) is 51.4 Å². The van der Waals surface area contributed by atoms with E-state index in [1.807, 2.05) is 0 Å². The van der Waals surface area contributed by atoms with Crippen LogP contribution in [0.5, 0.6) is 0 Å². The zero-order valence-corrected chi connectivity index (χ0v) is 17.0. The molecule has 0 aromatic rings. The van der Waals surface area contributed by atoms with E-state index in [2.05, 4.69) is 16.7 Å². The fraction of sp³-hybridized carbons (Fsp3) is 0.947. The Kier molecular flexibility index (Phi) is 4.85. The average Bonchev–Trinajstić information content (AvgIpc) is 2.51. The molecule has 1 amide bonds. The number of piperidine rings is 1. The second-order valence-corrected chi connectivity index (χ2v) is 11.2. The summed E-state index contributed by atoms with van der Waals surface area (Å²) in [5.41, 5.74) is 0.223. The van der Waals surface area contributed by atoms with Crippen LogP contribution < -0.4 is 0 Å². The van der Waals surface area contributed by atoms with Gasteiger partial charge < -0.3 is 4.90 Å². The standard InChI is InChI=1S/C19H33N3O3S/c1-15-14-20(10-11-22(15)17-4-3-5-17)18(23)16-12-19(13-16)6-8-21(9-7-19)26(2,24)25/h15-17H,3-14H2,1-2H3. The molecular formula is C19H33N3O3S. The molecule has 148 valence electrons. The van der Waals surface area contributed by atoms with Crippen LogP contribution in [0.15, 0.2) is 0 Å². The van der Waals surface area contributed by atoms with Gasteiger partial charge in [-0.1, -0.05) is 6.42 Å². The summed E-state index contributed by atoms with van der Waals surface area (Å²) in [6.07, 6.45) is 9.05. The number of sulfonamides is 1. The van der Waals surface area contributed by atoms with Gasteiger partial charge in [0.2, 0.25) is 15.9 Å². The number of carbonyl (C=O) groups is 1. The summed E-state index contributed by atoms with van der Waals surface area (Å²) in [5, 5.41) is 0. The van der Waals surface area contributed by atoms with E-state index in [0.29, 0.717) is 25.0 Å². The minimum absolute atomic E-state index is 0.169. The van der Waals surface area contributed by atoms with Gasteiger partial charge in [0.05, 0.1) is 6.26 Å². The zero-order chi connectivity index (χ0) is 18.5. The van der Waals surface area contributed by atoms with Crippen molar-refractivity contribution in [3.8, 4) is 0 Å². The highest BCUT2D eigenvalue weighted by atomic mass is 32.2. The predicted octanol–water partition coefficient (Wildman–Crippen LogP) is 1.52. The zero-order valence-electron chi connectivity index (χ0n) is 16.2. The number of amides is 1. The molecule has 0 aromatic carbocycles. The van der Waals surface area contributed by atoms with E-state index < -0.39 is 10.0 Å². The van der Waals surface area contributed by atoms with Crippen molar-refractivity contribution in [3.63, 3.8) is 0 Å². The molecule has 0 aromatic heterocycles. The summed E-state index contributed by atoms with van der Waals surface area (Å²) in [6, 6.07) is 1.24. The topological polar surface area (TPSA) is 60.9 Å². The monoisotopic (exact) mass is 383 g/mol. The summed E-state index contributed by atoms with van der Waals surface area (Å²) in [4.78, 5) is 17.6. The summed E-state index contributed by atoms with van der Waals surface area (Å²) >= 11 is 0. The summed E-state index contributed by atoms with van der Waals surface area (Å²) < 4.78 is 24.9. The van der Waals surface area contributed by atoms with E-state index in [1.54, 1.807) is 4.31 Å². The van der Waals surface area contributed by atoms with Gasteiger partial charge in [0.1, 0.15) is 0 Å². The van der Waals surface area contributed by atoms with Gasteiger partial charge in [0, 0.05) is 50.7 Å². The Bertz CT molecular complexity index is 645. The minimum Gasteiger partial charge on any atom is -0.340 e. The molecule has 2 saturated heterocycles. The molecule has 2 aliphatic heterocycles. The number of hydrogen-bond acceptors (Lipinski definition) is 4. The number of hydrogen-bond donors (Lipinski definition) is 0. The lowest BCUT2D eigenvalue weighted by atomic mass is 9.57. The van der Waals surface area contributed by atoms with E-state index in [4.69, 9.17) is 0 Å². The average molecular weight is 384 g/mol. The van der Waals surface area contributed by atoms with Crippen molar-refractivity contribution in [1.29, 1.82) is 0 Å². The third kappa shape index (κ3) is 3.42. The van der Waals surface area contributed by atoms with Crippen molar-refractivity contribution in [3.05, 3.63) is 0 Å². The second-order valence-electron chi connectivity index (χ2n) is 9.22. The fourth-order valence-electron chi connectivity index (χ4n) is 5.55. The first-order valence-electron chi connectivity index (χ1n) is 10.3. The van der Waals surface area contributed by atoms with Crippen molar-refractivity contribution in [2.75, 3.05) is 39.0 Å². The molecule has 0 bridgehead atoms. The smallest absolute Gasteiger partial charge is 0.225 e. The maximum atomic E-state index is 12.9. The molecule has 0 radical (unpaired) electrons. The molecule has 4 aliphatic rings. The number of carbonyl (C=O) groups excluding carboxylic acids is 1. The van der Waals surface area contributed by atoms with Crippen molar-refractivity contribution in [2.45, 2.75) is 64.0 Å².